The molecule has 16 heavy (non-hydrogen) atoms. The van der Waals surface area contributed by atoms with Gasteiger partial charge in [0.25, 0.3) is 0 Å². The first-order chi connectivity index (χ1) is 7.48. The van der Waals surface area contributed by atoms with Gasteiger partial charge in [0.15, 0.2) is 5.69 Å². The van der Waals surface area contributed by atoms with Crippen molar-refractivity contribution in [3.05, 3.63) is 42.1 Å². The SMILES string of the molecule is Oc1cc(C(F)(F)F)nn1-c1ccccc1. The van der Waals surface area contributed by atoms with E-state index < -0.39 is 17.8 Å². The van der Waals surface area contributed by atoms with Crippen LogP contribution in [0.25, 0.3) is 5.69 Å². The van der Waals surface area contributed by atoms with E-state index in [1.165, 1.54) is 0 Å². The smallest absolute Gasteiger partial charge is 0.435 e. The Hall–Kier alpha value is -1.98. The summed E-state index contributed by atoms with van der Waals surface area (Å²) < 4.78 is 37.8. The molecule has 0 saturated carbocycles. The van der Waals surface area contributed by atoms with Gasteiger partial charge >= 0.3 is 6.18 Å². The normalized spacial score (nSPS) is 11.7. The predicted molar refractivity (Wildman–Crippen MR) is 50.2 cm³/mol. The molecule has 0 amide bonds. The molecule has 0 spiro atoms. The summed E-state index contributed by atoms with van der Waals surface area (Å²) in [6, 6.07) is 8.69. The second-order valence-electron chi connectivity index (χ2n) is 3.13. The molecule has 2 rings (SSSR count). The number of nitrogens with zero attached hydrogens (tertiary/aromatic N) is 2. The average Bonchev–Trinajstić information content (AvgIpc) is 2.61. The highest BCUT2D eigenvalue weighted by Crippen LogP contribution is 2.31. The molecule has 6 heteroatoms. The number of para-hydroxylation sites is 1. The zero-order valence-electron chi connectivity index (χ0n) is 7.94. The summed E-state index contributed by atoms with van der Waals surface area (Å²) in [5, 5.41) is 12.6. The summed E-state index contributed by atoms with van der Waals surface area (Å²) in [5.74, 6) is -0.543. The fourth-order valence-corrected chi connectivity index (χ4v) is 1.27. The lowest BCUT2D eigenvalue weighted by molar-refractivity contribution is -0.141. The van der Waals surface area contributed by atoms with Crippen molar-refractivity contribution in [1.29, 1.82) is 0 Å². The van der Waals surface area contributed by atoms with Crippen molar-refractivity contribution in [2.75, 3.05) is 0 Å². The van der Waals surface area contributed by atoms with Crippen LogP contribution in [-0.4, -0.2) is 14.9 Å². The van der Waals surface area contributed by atoms with E-state index in [9.17, 15) is 18.3 Å². The van der Waals surface area contributed by atoms with Crippen LogP contribution in [0.15, 0.2) is 36.4 Å². The maximum atomic E-state index is 12.3. The molecule has 0 radical (unpaired) electrons. The molecule has 1 N–H and O–H groups in total. The average molecular weight is 228 g/mol. The number of aromatic nitrogens is 2. The maximum Gasteiger partial charge on any atom is 0.435 e. The lowest BCUT2D eigenvalue weighted by Gasteiger charge is -2.02. The van der Waals surface area contributed by atoms with Crippen LogP contribution in [0.2, 0.25) is 0 Å². The Bertz CT molecular complexity index is 491. The molecule has 84 valence electrons. The summed E-state index contributed by atoms with van der Waals surface area (Å²) in [6.07, 6.45) is -4.56. The van der Waals surface area contributed by atoms with Gasteiger partial charge in [-0.3, -0.25) is 0 Å². The Morgan fingerprint density at radius 1 is 1.12 bits per heavy atom. The third-order valence-corrected chi connectivity index (χ3v) is 1.98. The van der Waals surface area contributed by atoms with Gasteiger partial charge in [0.1, 0.15) is 0 Å². The van der Waals surface area contributed by atoms with Crippen molar-refractivity contribution < 1.29 is 18.3 Å². The van der Waals surface area contributed by atoms with Gasteiger partial charge in [-0.1, -0.05) is 18.2 Å². The molecule has 0 atom stereocenters. The Balaban J connectivity index is 2.48. The van der Waals surface area contributed by atoms with E-state index in [-0.39, 0.29) is 0 Å². The topological polar surface area (TPSA) is 38.1 Å². The molecular weight excluding hydrogens is 221 g/mol. The van der Waals surface area contributed by atoms with E-state index in [1.807, 2.05) is 0 Å². The first-order valence-electron chi connectivity index (χ1n) is 4.40. The summed E-state index contributed by atoms with van der Waals surface area (Å²) in [5.41, 5.74) is -0.746. The van der Waals surface area contributed by atoms with Gasteiger partial charge in [0, 0.05) is 6.07 Å². The fraction of sp³-hybridized carbons (Fsp3) is 0.100. The van der Waals surface area contributed by atoms with Crippen molar-refractivity contribution in [2.24, 2.45) is 0 Å². The minimum atomic E-state index is -4.56. The highest BCUT2D eigenvalue weighted by Gasteiger charge is 2.35. The van der Waals surface area contributed by atoms with Crippen LogP contribution >= 0.6 is 0 Å². The van der Waals surface area contributed by atoms with Crippen molar-refractivity contribution in [2.45, 2.75) is 6.18 Å². The van der Waals surface area contributed by atoms with Crippen molar-refractivity contribution >= 4 is 0 Å². The number of benzene rings is 1. The molecule has 0 fully saturated rings. The highest BCUT2D eigenvalue weighted by molar-refractivity contribution is 5.35. The van der Waals surface area contributed by atoms with E-state index in [1.54, 1.807) is 30.3 Å². The third kappa shape index (κ3) is 1.86. The Morgan fingerprint density at radius 2 is 1.75 bits per heavy atom. The number of aromatic hydroxyl groups is 1. The van der Waals surface area contributed by atoms with Crippen LogP contribution in [0.4, 0.5) is 13.2 Å². The predicted octanol–water partition coefficient (Wildman–Crippen LogP) is 2.60. The zero-order chi connectivity index (χ0) is 11.8. The second kappa shape index (κ2) is 3.55. The monoisotopic (exact) mass is 228 g/mol. The van der Waals surface area contributed by atoms with E-state index >= 15 is 0 Å². The van der Waals surface area contributed by atoms with E-state index in [4.69, 9.17) is 0 Å². The van der Waals surface area contributed by atoms with Gasteiger partial charge in [-0.15, -0.1) is 0 Å². The maximum absolute atomic E-state index is 12.3. The van der Waals surface area contributed by atoms with Crippen molar-refractivity contribution in [1.82, 2.24) is 9.78 Å². The molecule has 0 aliphatic carbocycles. The quantitative estimate of drug-likeness (QED) is 0.814. The van der Waals surface area contributed by atoms with Gasteiger partial charge in [-0.25, -0.2) is 4.68 Å². The summed E-state index contributed by atoms with van der Waals surface area (Å²) in [7, 11) is 0. The molecule has 0 aliphatic rings. The van der Waals surface area contributed by atoms with Crippen LogP contribution in [0.1, 0.15) is 5.69 Å². The molecule has 2 aromatic rings. The van der Waals surface area contributed by atoms with Crippen LogP contribution in [0, 0.1) is 0 Å². The van der Waals surface area contributed by atoms with Crippen LogP contribution < -0.4 is 0 Å². The second-order valence-corrected chi connectivity index (χ2v) is 3.13. The van der Waals surface area contributed by atoms with Crippen LogP contribution in [0.5, 0.6) is 5.88 Å². The lowest BCUT2D eigenvalue weighted by atomic mass is 10.3. The van der Waals surface area contributed by atoms with E-state index in [2.05, 4.69) is 5.10 Å². The standard InChI is InChI=1S/C10H7F3N2O/c11-10(12,13)8-6-9(16)15(14-8)7-4-2-1-3-5-7/h1-6,16H. The third-order valence-electron chi connectivity index (χ3n) is 1.98. The zero-order valence-corrected chi connectivity index (χ0v) is 7.94. The molecule has 0 saturated heterocycles. The number of hydrogen-bond donors (Lipinski definition) is 1. The number of rotatable bonds is 1. The first kappa shape index (κ1) is 10.5. The lowest BCUT2D eigenvalue weighted by Crippen LogP contribution is -2.07. The molecule has 3 nitrogen and oxygen atoms in total. The molecule has 0 aliphatic heterocycles. The largest absolute Gasteiger partial charge is 0.493 e. The molecule has 0 bridgehead atoms. The Kier molecular flexibility index (Phi) is 2.34. The Labute approximate surface area is 88.8 Å². The summed E-state index contributed by atoms with van der Waals surface area (Å²) in [6.45, 7) is 0. The molecule has 0 unspecified atom stereocenters. The van der Waals surface area contributed by atoms with Crippen molar-refractivity contribution in [3.63, 3.8) is 0 Å². The summed E-state index contributed by atoms with van der Waals surface area (Å²) in [4.78, 5) is 0. The molecular formula is C10H7F3N2O. The first-order valence-corrected chi connectivity index (χ1v) is 4.40. The van der Waals surface area contributed by atoms with E-state index in [0.29, 0.717) is 11.8 Å². The number of halogens is 3. The minimum absolute atomic E-state index is 0.371. The van der Waals surface area contributed by atoms with Gasteiger partial charge < -0.3 is 5.11 Å². The molecule has 1 heterocycles. The van der Waals surface area contributed by atoms with Crippen LogP contribution in [0.3, 0.4) is 0 Å². The van der Waals surface area contributed by atoms with Gasteiger partial charge in [0.2, 0.25) is 5.88 Å². The van der Waals surface area contributed by atoms with Gasteiger partial charge in [-0.05, 0) is 12.1 Å². The number of hydrogen-bond acceptors (Lipinski definition) is 2. The highest BCUT2D eigenvalue weighted by atomic mass is 19.4. The Morgan fingerprint density at radius 3 is 2.25 bits per heavy atom. The molecule has 1 aromatic heterocycles. The fourth-order valence-electron chi connectivity index (χ4n) is 1.27. The van der Waals surface area contributed by atoms with Gasteiger partial charge in [-0.2, -0.15) is 18.3 Å². The molecule has 1 aromatic carbocycles. The summed E-state index contributed by atoms with van der Waals surface area (Å²) >= 11 is 0. The van der Waals surface area contributed by atoms with Crippen molar-refractivity contribution in [3.8, 4) is 11.6 Å². The van der Waals surface area contributed by atoms with Gasteiger partial charge in [0.05, 0.1) is 5.69 Å². The van der Waals surface area contributed by atoms with Crippen LogP contribution in [-0.2, 0) is 6.18 Å². The van der Waals surface area contributed by atoms with E-state index in [0.717, 1.165) is 4.68 Å². The minimum Gasteiger partial charge on any atom is -0.493 e. The number of alkyl halides is 3.